The normalized spacial score (nSPS) is 21.6. The monoisotopic (exact) mass is 491 g/mol. The number of benzene rings is 1. The number of carbonyl (C=O) groups is 2. The molecule has 1 saturated heterocycles. The average molecular weight is 492 g/mol. The van der Waals surface area contributed by atoms with Gasteiger partial charge in [0.1, 0.15) is 0 Å². The predicted molar refractivity (Wildman–Crippen MR) is 137 cm³/mol. The van der Waals surface area contributed by atoms with Gasteiger partial charge in [-0.25, -0.2) is 9.97 Å². The van der Waals surface area contributed by atoms with Gasteiger partial charge in [-0.15, -0.1) is 0 Å². The molecular weight excluding hydrogens is 466 g/mol. The van der Waals surface area contributed by atoms with Crippen LogP contribution in [0.15, 0.2) is 58.3 Å². The fraction of sp³-hybridized carbons (Fsp3) is 0.280. The summed E-state index contributed by atoms with van der Waals surface area (Å²) in [6.07, 6.45) is 7.53. The molecule has 0 atom stereocenters. The molecule has 174 valence electrons. The van der Waals surface area contributed by atoms with Crippen molar-refractivity contribution in [2.75, 3.05) is 5.32 Å². The van der Waals surface area contributed by atoms with E-state index in [-0.39, 0.29) is 11.1 Å². The van der Waals surface area contributed by atoms with E-state index in [0.717, 1.165) is 44.0 Å². The molecule has 9 heteroatoms. The third-order valence-corrected chi connectivity index (χ3v) is 7.53. The summed E-state index contributed by atoms with van der Waals surface area (Å²) in [4.78, 5) is 32.3. The lowest BCUT2D eigenvalue weighted by Gasteiger charge is -2.30. The van der Waals surface area contributed by atoms with Crippen molar-refractivity contribution >= 4 is 46.3 Å². The number of imide groups is 1. The molecule has 1 aliphatic carbocycles. The zero-order valence-corrected chi connectivity index (χ0v) is 20.1. The number of anilines is 1. The number of nitrogens with one attached hydrogen (secondary N) is 3. The molecule has 0 radical (unpaired) electrons. The van der Waals surface area contributed by atoms with E-state index in [2.05, 4.69) is 67.0 Å². The predicted octanol–water partition coefficient (Wildman–Crippen LogP) is 5.04. The first-order valence-corrected chi connectivity index (χ1v) is 13.1. The largest absolute Gasteiger partial charge is 0.351 e. The van der Waals surface area contributed by atoms with Crippen LogP contribution in [0.2, 0.25) is 0 Å². The van der Waals surface area contributed by atoms with Gasteiger partial charge in [0.05, 0.1) is 10.6 Å². The lowest BCUT2D eigenvalue weighted by Crippen LogP contribution is -2.36. The minimum atomic E-state index is -0.382. The summed E-state index contributed by atoms with van der Waals surface area (Å²) in [6, 6.07) is 13.4. The molecule has 1 aromatic carbocycles. The fourth-order valence-corrected chi connectivity index (χ4v) is 5.59. The van der Waals surface area contributed by atoms with Gasteiger partial charge in [0.15, 0.2) is 0 Å². The lowest BCUT2D eigenvalue weighted by atomic mass is 9.91. The second-order valence-electron chi connectivity index (χ2n) is 8.44. The smallest absolute Gasteiger partial charge is 0.290 e. The van der Waals surface area contributed by atoms with Crippen molar-refractivity contribution in [1.29, 1.82) is 0 Å². The second-order valence-corrected chi connectivity index (χ2v) is 10.2. The molecule has 0 unspecified atom stereocenters. The molecule has 2 amide bonds. The third-order valence-electron chi connectivity index (χ3n) is 6.03. The van der Waals surface area contributed by atoms with Gasteiger partial charge in [-0.2, -0.15) is 11.3 Å². The molecule has 5 rings (SSSR count). The standard InChI is InChI=1S/C25H25N5O2S2/c31-23-22(34-25(32)30-23)13-21-8-10-26-24(29-21)28-20-6-4-19(5-7-20)27-14-16-2-1-3-17(12-16)18-9-11-33-15-18/h1-3,8-13,15,19-20,27H,4-7,14H2,(H,26,28,29)(H,30,31,32)/b22-13-/t19-,20-. The molecular formula is C25H25N5O2S2. The summed E-state index contributed by atoms with van der Waals surface area (Å²) in [5.74, 6) is 0.165. The van der Waals surface area contributed by atoms with Gasteiger partial charge in [0.25, 0.3) is 11.1 Å². The zero-order valence-electron chi connectivity index (χ0n) is 18.5. The highest BCUT2D eigenvalue weighted by Crippen LogP contribution is 2.26. The summed E-state index contributed by atoms with van der Waals surface area (Å²) in [6.45, 7) is 0.870. The molecule has 3 heterocycles. The van der Waals surface area contributed by atoms with Gasteiger partial charge in [-0.3, -0.25) is 14.9 Å². The van der Waals surface area contributed by atoms with Crippen molar-refractivity contribution in [3.63, 3.8) is 0 Å². The number of carbonyl (C=O) groups excluding carboxylic acids is 2. The Kier molecular flexibility index (Phi) is 7.03. The number of hydrogen-bond acceptors (Lipinski definition) is 8. The molecule has 0 spiro atoms. The van der Waals surface area contributed by atoms with Crippen LogP contribution in [-0.4, -0.2) is 33.2 Å². The maximum atomic E-state index is 11.8. The van der Waals surface area contributed by atoms with Crippen molar-refractivity contribution in [1.82, 2.24) is 20.6 Å². The number of nitrogens with zero attached hydrogens (tertiary/aromatic N) is 2. The Hall–Kier alpha value is -3.01. The first-order valence-electron chi connectivity index (χ1n) is 11.3. The number of thiophene rings is 1. The summed E-state index contributed by atoms with van der Waals surface area (Å²) < 4.78 is 0. The van der Waals surface area contributed by atoms with Gasteiger partial charge in [-0.05, 0) is 89.2 Å². The Balaban J connectivity index is 1.11. The molecule has 7 nitrogen and oxygen atoms in total. The van der Waals surface area contributed by atoms with E-state index in [1.807, 2.05) is 0 Å². The molecule has 1 saturated carbocycles. The summed E-state index contributed by atoms with van der Waals surface area (Å²) in [7, 11) is 0. The van der Waals surface area contributed by atoms with Gasteiger partial charge < -0.3 is 10.6 Å². The van der Waals surface area contributed by atoms with E-state index in [1.54, 1.807) is 29.7 Å². The van der Waals surface area contributed by atoms with Crippen LogP contribution < -0.4 is 16.0 Å². The number of hydrogen-bond donors (Lipinski definition) is 3. The van der Waals surface area contributed by atoms with E-state index in [9.17, 15) is 9.59 Å². The molecule has 3 N–H and O–H groups in total. The van der Waals surface area contributed by atoms with Crippen LogP contribution in [0.3, 0.4) is 0 Å². The fourth-order valence-electron chi connectivity index (χ4n) is 4.25. The SMILES string of the molecule is O=C1NC(=O)/C(=C/c2ccnc(N[C@H]3CC[C@H](NCc4cccc(-c5ccsc5)c4)CC3)n2)S1. The van der Waals surface area contributed by atoms with Crippen LogP contribution in [0.4, 0.5) is 10.7 Å². The number of rotatable bonds is 7. The first-order chi connectivity index (χ1) is 16.6. The first kappa shape index (κ1) is 22.8. The Morgan fingerprint density at radius 2 is 1.91 bits per heavy atom. The number of aromatic nitrogens is 2. The topological polar surface area (TPSA) is 96.0 Å². The van der Waals surface area contributed by atoms with Crippen LogP contribution in [-0.2, 0) is 11.3 Å². The highest BCUT2D eigenvalue weighted by Gasteiger charge is 2.25. The van der Waals surface area contributed by atoms with Gasteiger partial charge in [0.2, 0.25) is 5.95 Å². The Morgan fingerprint density at radius 3 is 2.68 bits per heavy atom. The summed E-state index contributed by atoms with van der Waals surface area (Å²) in [5, 5.41) is 13.3. The van der Waals surface area contributed by atoms with Gasteiger partial charge >= 0.3 is 0 Å². The van der Waals surface area contributed by atoms with Crippen molar-refractivity contribution in [3.8, 4) is 11.1 Å². The highest BCUT2D eigenvalue weighted by molar-refractivity contribution is 8.18. The number of thioether (sulfide) groups is 1. The quantitative estimate of drug-likeness (QED) is 0.398. The van der Waals surface area contributed by atoms with Crippen LogP contribution >= 0.6 is 23.1 Å². The van der Waals surface area contributed by atoms with Crippen LogP contribution in [0.25, 0.3) is 17.2 Å². The van der Waals surface area contributed by atoms with Crippen LogP contribution in [0, 0.1) is 0 Å². The Bertz CT molecular complexity index is 1200. The summed E-state index contributed by atoms with van der Waals surface area (Å²) in [5.41, 5.74) is 4.45. The van der Waals surface area contributed by atoms with Crippen LogP contribution in [0.5, 0.6) is 0 Å². The van der Waals surface area contributed by atoms with Gasteiger partial charge in [0, 0.05) is 24.8 Å². The molecule has 3 aromatic rings. The van der Waals surface area contributed by atoms with Crippen molar-refractivity contribution in [3.05, 3.63) is 69.5 Å². The molecule has 2 aliphatic rings. The maximum Gasteiger partial charge on any atom is 0.290 e. The van der Waals surface area contributed by atoms with E-state index in [4.69, 9.17) is 0 Å². The molecule has 34 heavy (non-hydrogen) atoms. The van der Waals surface area contributed by atoms with E-state index in [1.165, 1.54) is 16.7 Å². The molecule has 2 aromatic heterocycles. The van der Waals surface area contributed by atoms with E-state index < -0.39 is 0 Å². The van der Waals surface area contributed by atoms with Crippen molar-refractivity contribution < 1.29 is 9.59 Å². The maximum absolute atomic E-state index is 11.8. The van der Waals surface area contributed by atoms with E-state index >= 15 is 0 Å². The lowest BCUT2D eigenvalue weighted by molar-refractivity contribution is -0.115. The highest BCUT2D eigenvalue weighted by atomic mass is 32.2. The Labute approximate surface area is 206 Å². The van der Waals surface area contributed by atoms with E-state index in [0.29, 0.717) is 28.6 Å². The third kappa shape index (κ3) is 5.72. The molecule has 2 fully saturated rings. The van der Waals surface area contributed by atoms with Crippen molar-refractivity contribution in [2.45, 2.75) is 44.3 Å². The average Bonchev–Trinajstić information content (AvgIpc) is 3.49. The minimum absolute atomic E-state index is 0.314. The van der Waals surface area contributed by atoms with Gasteiger partial charge in [-0.1, -0.05) is 18.2 Å². The molecule has 1 aliphatic heterocycles. The minimum Gasteiger partial charge on any atom is -0.351 e. The van der Waals surface area contributed by atoms with Crippen LogP contribution in [0.1, 0.15) is 36.9 Å². The second kappa shape index (κ2) is 10.5. The summed E-state index contributed by atoms with van der Waals surface area (Å²) >= 11 is 2.61. The Morgan fingerprint density at radius 1 is 1.06 bits per heavy atom. The zero-order chi connectivity index (χ0) is 23.3. The molecule has 0 bridgehead atoms. The van der Waals surface area contributed by atoms with Crippen molar-refractivity contribution in [2.24, 2.45) is 0 Å². The number of amides is 2.